The zero-order valence-corrected chi connectivity index (χ0v) is 14.9. The Balaban J connectivity index is 3.32. The Morgan fingerprint density at radius 3 is 1.82 bits per heavy atom. The Morgan fingerprint density at radius 1 is 0.909 bits per heavy atom. The van der Waals surface area contributed by atoms with E-state index in [1.807, 2.05) is 0 Å². The number of nitrogens with two attached hydrogens (primary N) is 1. The monoisotopic (exact) mass is 331 g/mol. The highest BCUT2D eigenvalue weighted by Crippen LogP contribution is 2.12. The molecule has 1 atom stereocenters. The van der Waals surface area contributed by atoms with Crippen LogP contribution in [0.5, 0.6) is 0 Å². The molecule has 0 aliphatic rings. The van der Waals surface area contributed by atoms with Gasteiger partial charge in [-0.2, -0.15) is 12.6 Å². The molecule has 0 aromatic heterocycles. The van der Waals surface area contributed by atoms with Gasteiger partial charge in [0.15, 0.2) is 0 Å². The van der Waals surface area contributed by atoms with Gasteiger partial charge in [-0.05, 0) is 6.42 Å². The van der Waals surface area contributed by atoms with Crippen molar-refractivity contribution in [3.05, 3.63) is 0 Å². The highest BCUT2D eigenvalue weighted by molar-refractivity contribution is 7.80. The third kappa shape index (κ3) is 13.1. The molecule has 0 saturated heterocycles. The first kappa shape index (κ1) is 21.4. The van der Waals surface area contributed by atoms with Crippen LogP contribution in [0.3, 0.4) is 0 Å². The smallest absolute Gasteiger partial charge is 0.331 e. The lowest BCUT2D eigenvalue weighted by molar-refractivity contribution is -0.160. The molecule has 0 amide bonds. The number of hydrogen-bond donors (Lipinski definition) is 2. The summed E-state index contributed by atoms with van der Waals surface area (Å²) in [5.74, 6) is -0.967. The van der Waals surface area contributed by atoms with Gasteiger partial charge in [-0.15, -0.1) is 0 Å². The van der Waals surface area contributed by atoms with Gasteiger partial charge in [0.1, 0.15) is 6.04 Å². The number of carbonyl (C=O) groups is 2. The second kappa shape index (κ2) is 15.3. The fraction of sp³-hybridized carbons (Fsp3) is 0.882. The van der Waals surface area contributed by atoms with Crippen LogP contribution in [0.4, 0.5) is 0 Å². The summed E-state index contributed by atoms with van der Waals surface area (Å²) < 4.78 is 4.64. The average Bonchev–Trinajstić information content (AvgIpc) is 2.51. The first-order chi connectivity index (χ1) is 10.6. The van der Waals surface area contributed by atoms with Crippen LogP contribution in [-0.4, -0.2) is 23.7 Å². The van der Waals surface area contributed by atoms with Crippen LogP contribution in [0.15, 0.2) is 0 Å². The van der Waals surface area contributed by atoms with Gasteiger partial charge in [0.25, 0.3) is 0 Å². The van der Waals surface area contributed by atoms with Crippen LogP contribution >= 0.6 is 12.6 Å². The van der Waals surface area contributed by atoms with Crippen LogP contribution in [0.25, 0.3) is 0 Å². The number of thiol groups is 1. The molecule has 22 heavy (non-hydrogen) atoms. The van der Waals surface area contributed by atoms with E-state index in [2.05, 4.69) is 24.3 Å². The number of hydrogen-bond acceptors (Lipinski definition) is 5. The third-order valence-electron chi connectivity index (χ3n) is 3.70. The van der Waals surface area contributed by atoms with Crippen molar-refractivity contribution in [1.29, 1.82) is 0 Å². The zero-order valence-electron chi connectivity index (χ0n) is 14.0. The van der Waals surface area contributed by atoms with Crippen molar-refractivity contribution >= 4 is 24.6 Å². The molecule has 0 radical (unpaired) electrons. The van der Waals surface area contributed by atoms with Crippen molar-refractivity contribution in [2.24, 2.45) is 5.73 Å². The molecule has 5 heteroatoms. The molecule has 0 heterocycles. The molecule has 0 aliphatic heterocycles. The number of ether oxygens (including phenoxy) is 1. The van der Waals surface area contributed by atoms with E-state index < -0.39 is 18.0 Å². The van der Waals surface area contributed by atoms with E-state index in [9.17, 15) is 9.59 Å². The summed E-state index contributed by atoms with van der Waals surface area (Å²) in [6, 6.07) is -0.815. The van der Waals surface area contributed by atoms with Gasteiger partial charge in [-0.25, -0.2) is 4.79 Å². The maximum atomic E-state index is 11.4. The minimum atomic E-state index is -0.815. The van der Waals surface area contributed by atoms with Crippen LogP contribution in [0, 0.1) is 0 Å². The van der Waals surface area contributed by atoms with E-state index in [0.29, 0.717) is 6.42 Å². The highest BCUT2D eigenvalue weighted by atomic mass is 32.1. The van der Waals surface area contributed by atoms with Gasteiger partial charge in [0, 0.05) is 12.2 Å². The fourth-order valence-corrected chi connectivity index (χ4v) is 2.40. The average molecular weight is 332 g/mol. The first-order valence-electron chi connectivity index (χ1n) is 8.72. The van der Waals surface area contributed by atoms with E-state index in [-0.39, 0.29) is 5.75 Å². The molecule has 0 fully saturated rings. The topological polar surface area (TPSA) is 69.4 Å². The van der Waals surface area contributed by atoms with Crippen molar-refractivity contribution in [3.63, 3.8) is 0 Å². The Kier molecular flexibility index (Phi) is 15.0. The molecule has 4 nitrogen and oxygen atoms in total. The molecule has 0 aromatic rings. The molecule has 130 valence electrons. The SMILES string of the molecule is CCCCCCCCCCCCCC(=O)OC(=O)C(N)CS. The summed E-state index contributed by atoms with van der Waals surface area (Å²) in [7, 11) is 0. The predicted molar refractivity (Wildman–Crippen MR) is 94.0 cm³/mol. The Labute approximate surface area is 141 Å². The minimum absolute atomic E-state index is 0.185. The molecule has 0 saturated carbocycles. The van der Waals surface area contributed by atoms with E-state index in [4.69, 9.17) is 5.73 Å². The zero-order chi connectivity index (χ0) is 16.6. The van der Waals surface area contributed by atoms with Gasteiger partial charge < -0.3 is 10.5 Å². The second-order valence-corrected chi connectivity index (χ2v) is 6.23. The number of carbonyl (C=O) groups excluding carboxylic acids is 2. The van der Waals surface area contributed by atoms with E-state index in [1.165, 1.54) is 51.4 Å². The summed E-state index contributed by atoms with van der Waals surface area (Å²) in [5.41, 5.74) is 5.42. The normalized spacial score (nSPS) is 12.1. The van der Waals surface area contributed by atoms with Crippen molar-refractivity contribution < 1.29 is 14.3 Å². The second-order valence-electron chi connectivity index (χ2n) is 5.87. The molecular weight excluding hydrogens is 298 g/mol. The van der Waals surface area contributed by atoms with Crippen LogP contribution in [0.2, 0.25) is 0 Å². The third-order valence-corrected chi connectivity index (χ3v) is 4.09. The van der Waals surface area contributed by atoms with Crippen molar-refractivity contribution in [1.82, 2.24) is 0 Å². The van der Waals surface area contributed by atoms with Gasteiger partial charge >= 0.3 is 11.9 Å². The highest BCUT2D eigenvalue weighted by Gasteiger charge is 2.16. The molecular formula is C17H33NO3S. The summed E-state index contributed by atoms with van der Waals surface area (Å²) in [5, 5.41) is 0. The summed E-state index contributed by atoms with van der Waals surface area (Å²) >= 11 is 3.89. The van der Waals surface area contributed by atoms with E-state index >= 15 is 0 Å². The maximum absolute atomic E-state index is 11.4. The number of esters is 2. The molecule has 0 bridgehead atoms. The number of rotatable bonds is 14. The molecule has 0 spiro atoms. The lowest BCUT2D eigenvalue weighted by Crippen LogP contribution is -2.35. The summed E-state index contributed by atoms with van der Waals surface area (Å²) in [6.07, 6.45) is 13.8. The van der Waals surface area contributed by atoms with Crippen LogP contribution < -0.4 is 5.73 Å². The molecule has 2 N–H and O–H groups in total. The summed E-state index contributed by atoms with van der Waals surface area (Å²) in [4.78, 5) is 22.7. The fourth-order valence-electron chi connectivity index (χ4n) is 2.25. The molecule has 1 unspecified atom stereocenters. The molecule has 0 aromatic carbocycles. The lowest BCUT2D eigenvalue weighted by Gasteiger charge is -2.07. The van der Waals surface area contributed by atoms with E-state index in [1.54, 1.807) is 0 Å². The summed E-state index contributed by atoms with van der Waals surface area (Å²) in [6.45, 7) is 2.24. The Hall–Kier alpha value is -0.550. The Bertz CT molecular complexity index is 298. The quantitative estimate of drug-likeness (QED) is 0.218. The Morgan fingerprint density at radius 2 is 1.36 bits per heavy atom. The van der Waals surface area contributed by atoms with Crippen molar-refractivity contribution in [2.45, 2.75) is 90.0 Å². The standard InChI is InChI=1S/C17H33NO3S/c1-2-3-4-5-6-7-8-9-10-11-12-13-16(19)21-17(20)15(18)14-22/h15,22H,2-14,18H2,1H3. The van der Waals surface area contributed by atoms with Gasteiger partial charge in [0.2, 0.25) is 0 Å². The van der Waals surface area contributed by atoms with E-state index in [0.717, 1.165) is 19.3 Å². The molecule has 0 aliphatic carbocycles. The first-order valence-corrected chi connectivity index (χ1v) is 9.36. The van der Waals surface area contributed by atoms with Gasteiger partial charge in [-0.1, -0.05) is 71.1 Å². The van der Waals surface area contributed by atoms with Crippen LogP contribution in [0.1, 0.15) is 84.0 Å². The van der Waals surface area contributed by atoms with Crippen LogP contribution in [-0.2, 0) is 14.3 Å². The predicted octanol–water partition coefficient (Wildman–Crippen LogP) is 4.01. The minimum Gasteiger partial charge on any atom is -0.392 e. The lowest BCUT2D eigenvalue weighted by atomic mass is 10.1. The largest absolute Gasteiger partial charge is 0.392 e. The van der Waals surface area contributed by atoms with Gasteiger partial charge in [0.05, 0.1) is 0 Å². The van der Waals surface area contributed by atoms with Crippen molar-refractivity contribution in [3.8, 4) is 0 Å². The maximum Gasteiger partial charge on any atom is 0.331 e. The number of unbranched alkanes of at least 4 members (excludes halogenated alkanes) is 10. The molecule has 0 rings (SSSR count). The van der Waals surface area contributed by atoms with Crippen molar-refractivity contribution in [2.75, 3.05) is 5.75 Å². The van der Waals surface area contributed by atoms with Gasteiger partial charge in [-0.3, -0.25) is 4.79 Å².